The highest BCUT2D eigenvalue weighted by molar-refractivity contribution is 6.30. The van der Waals surface area contributed by atoms with Crippen LogP contribution >= 0.6 is 11.6 Å². The predicted molar refractivity (Wildman–Crippen MR) is 117 cm³/mol. The van der Waals surface area contributed by atoms with Crippen LogP contribution in [-0.4, -0.2) is 36.0 Å². The molecule has 5 rings (SSSR count). The Labute approximate surface area is 183 Å². The molecule has 156 valence electrons. The Morgan fingerprint density at radius 2 is 1.77 bits per heavy atom. The summed E-state index contributed by atoms with van der Waals surface area (Å²) in [6, 6.07) is 15.0. The predicted octanol–water partition coefficient (Wildman–Crippen LogP) is 4.22. The summed E-state index contributed by atoms with van der Waals surface area (Å²) in [7, 11) is 0. The molecule has 0 bridgehead atoms. The Morgan fingerprint density at radius 3 is 2.52 bits per heavy atom. The third-order valence-electron chi connectivity index (χ3n) is 4.94. The first-order valence-corrected chi connectivity index (χ1v) is 10.2. The molecule has 0 unspecified atom stereocenters. The lowest BCUT2D eigenvalue weighted by Gasteiger charge is -2.07. The average Bonchev–Trinajstić information content (AvgIpc) is 3.33. The van der Waals surface area contributed by atoms with Crippen molar-refractivity contribution in [3.8, 4) is 11.4 Å². The third-order valence-corrected chi connectivity index (χ3v) is 5.19. The van der Waals surface area contributed by atoms with Crippen LogP contribution in [-0.2, 0) is 6.54 Å². The van der Waals surface area contributed by atoms with Crippen LogP contribution in [0.3, 0.4) is 0 Å². The summed E-state index contributed by atoms with van der Waals surface area (Å²) in [5, 5.41) is 22.5. The fraction of sp³-hybridized carbons (Fsp3) is 0.190. The number of rotatable bonds is 6. The van der Waals surface area contributed by atoms with Gasteiger partial charge in [0.05, 0.1) is 24.5 Å². The smallest absolute Gasteiger partial charge is 0.308 e. The van der Waals surface area contributed by atoms with E-state index in [2.05, 4.69) is 31.3 Å². The molecule has 1 saturated carbocycles. The second kappa shape index (κ2) is 8.19. The number of aromatic nitrogens is 6. The van der Waals surface area contributed by atoms with Crippen molar-refractivity contribution in [2.75, 3.05) is 10.6 Å². The van der Waals surface area contributed by atoms with Gasteiger partial charge in [0, 0.05) is 22.5 Å². The molecule has 4 aromatic rings. The van der Waals surface area contributed by atoms with Crippen LogP contribution in [0.15, 0.2) is 60.9 Å². The lowest BCUT2D eigenvalue weighted by atomic mass is 10.2. The number of nitrogens with zero attached hydrogens (tertiary/aromatic N) is 6. The van der Waals surface area contributed by atoms with Gasteiger partial charge in [0.15, 0.2) is 5.82 Å². The minimum absolute atomic E-state index is 0.346. The highest BCUT2D eigenvalue weighted by atomic mass is 35.5. The molecule has 0 aliphatic heterocycles. The monoisotopic (exact) mass is 434 g/mol. The number of amides is 2. The molecule has 2 amide bonds. The van der Waals surface area contributed by atoms with Crippen LogP contribution in [0, 0.1) is 0 Å². The normalized spacial score (nSPS) is 13.2. The summed E-state index contributed by atoms with van der Waals surface area (Å²) in [5.41, 5.74) is 3.24. The number of nitrogens with one attached hydrogen (secondary N) is 2. The first-order chi connectivity index (χ1) is 15.1. The molecule has 1 aliphatic rings. The fourth-order valence-corrected chi connectivity index (χ4v) is 3.36. The Balaban J connectivity index is 1.18. The second-order valence-corrected chi connectivity index (χ2v) is 7.82. The summed E-state index contributed by atoms with van der Waals surface area (Å²) in [5.74, 6) is 0.742. The molecule has 1 fully saturated rings. The van der Waals surface area contributed by atoms with Crippen molar-refractivity contribution >= 4 is 29.0 Å². The van der Waals surface area contributed by atoms with Crippen LogP contribution < -0.4 is 10.6 Å². The van der Waals surface area contributed by atoms with Gasteiger partial charge in [0.2, 0.25) is 0 Å². The van der Waals surface area contributed by atoms with Crippen LogP contribution in [0.2, 0.25) is 5.02 Å². The zero-order valence-electron chi connectivity index (χ0n) is 16.4. The first kappa shape index (κ1) is 19.3. The topological polar surface area (TPSA) is 103 Å². The zero-order chi connectivity index (χ0) is 21.2. The molecule has 2 aromatic carbocycles. The SMILES string of the molecule is O=C(Nc1ccc(-c2nnnn2C2CC2)cc1)Nc1cnn(Cc2ccc(Cl)cc2)c1. The van der Waals surface area contributed by atoms with Gasteiger partial charge >= 0.3 is 6.03 Å². The van der Waals surface area contributed by atoms with E-state index in [1.807, 2.05) is 53.2 Å². The fourth-order valence-electron chi connectivity index (χ4n) is 3.24. The van der Waals surface area contributed by atoms with Crippen LogP contribution in [0.1, 0.15) is 24.4 Å². The summed E-state index contributed by atoms with van der Waals surface area (Å²) in [6.45, 7) is 0.586. The van der Waals surface area contributed by atoms with E-state index in [-0.39, 0.29) is 6.03 Å². The van der Waals surface area contributed by atoms with Crippen molar-refractivity contribution in [1.29, 1.82) is 0 Å². The Bertz CT molecular complexity index is 1190. The number of tetrazole rings is 1. The molecule has 0 spiro atoms. The molecule has 10 heteroatoms. The molecular weight excluding hydrogens is 416 g/mol. The molecule has 0 radical (unpaired) electrons. The second-order valence-electron chi connectivity index (χ2n) is 7.39. The largest absolute Gasteiger partial charge is 0.323 e. The molecule has 9 nitrogen and oxygen atoms in total. The van der Waals surface area contributed by atoms with Crippen molar-refractivity contribution in [2.24, 2.45) is 0 Å². The maximum atomic E-state index is 12.3. The highest BCUT2D eigenvalue weighted by Crippen LogP contribution is 2.36. The Hall–Kier alpha value is -3.72. The van der Waals surface area contributed by atoms with Crippen LogP contribution in [0.5, 0.6) is 0 Å². The maximum absolute atomic E-state index is 12.3. The molecule has 31 heavy (non-hydrogen) atoms. The molecule has 2 aromatic heterocycles. The number of benzene rings is 2. The number of halogens is 1. The van der Waals surface area contributed by atoms with E-state index in [9.17, 15) is 4.79 Å². The van der Waals surface area contributed by atoms with E-state index in [1.165, 1.54) is 0 Å². The lowest BCUT2D eigenvalue weighted by molar-refractivity contribution is 0.262. The molecule has 2 N–H and O–H groups in total. The van der Waals surface area contributed by atoms with E-state index >= 15 is 0 Å². The quantitative estimate of drug-likeness (QED) is 0.473. The van der Waals surface area contributed by atoms with E-state index in [0.29, 0.717) is 29.0 Å². The van der Waals surface area contributed by atoms with Crippen LogP contribution in [0.4, 0.5) is 16.2 Å². The summed E-state index contributed by atoms with van der Waals surface area (Å²) in [4.78, 5) is 12.3. The first-order valence-electron chi connectivity index (χ1n) is 9.87. The van der Waals surface area contributed by atoms with E-state index < -0.39 is 0 Å². The van der Waals surface area contributed by atoms with E-state index in [4.69, 9.17) is 11.6 Å². The van der Waals surface area contributed by atoms with Gasteiger partial charge < -0.3 is 10.6 Å². The molecular formula is C21H19ClN8O. The van der Waals surface area contributed by atoms with Gasteiger partial charge in [-0.1, -0.05) is 23.7 Å². The van der Waals surface area contributed by atoms with Crippen molar-refractivity contribution in [3.63, 3.8) is 0 Å². The number of anilines is 2. The van der Waals surface area contributed by atoms with Crippen LogP contribution in [0.25, 0.3) is 11.4 Å². The number of carbonyl (C=O) groups is 1. The summed E-state index contributed by atoms with van der Waals surface area (Å²) < 4.78 is 3.61. The van der Waals surface area contributed by atoms with Gasteiger partial charge in [0.1, 0.15) is 0 Å². The maximum Gasteiger partial charge on any atom is 0.323 e. The molecule has 0 saturated heterocycles. The number of urea groups is 1. The highest BCUT2D eigenvalue weighted by Gasteiger charge is 2.28. The van der Waals surface area contributed by atoms with Crippen molar-refractivity contribution in [2.45, 2.75) is 25.4 Å². The van der Waals surface area contributed by atoms with Crippen molar-refractivity contribution in [1.82, 2.24) is 30.0 Å². The average molecular weight is 435 g/mol. The van der Waals surface area contributed by atoms with Gasteiger partial charge in [0.25, 0.3) is 0 Å². The lowest BCUT2D eigenvalue weighted by Crippen LogP contribution is -2.19. The minimum atomic E-state index is -0.346. The van der Waals surface area contributed by atoms with Gasteiger partial charge in [-0.25, -0.2) is 9.48 Å². The number of hydrogen-bond acceptors (Lipinski definition) is 5. The molecule has 0 atom stereocenters. The van der Waals surface area contributed by atoms with Crippen molar-refractivity contribution in [3.05, 3.63) is 71.5 Å². The minimum Gasteiger partial charge on any atom is -0.308 e. The van der Waals surface area contributed by atoms with Gasteiger partial charge in [-0.05, 0) is 65.2 Å². The van der Waals surface area contributed by atoms with E-state index in [1.54, 1.807) is 17.1 Å². The number of hydrogen-bond donors (Lipinski definition) is 2. The Kier molecular flexibility index (Phi) is 5.09. The van der Waals surface area contributed by atoms with Gasteiger partial charge in [-0.3, -0.25) is 4.68 Å². The standard InChI is InChI=1S/C21H19ClN8O/c22-16-5-1-14(2-6-16)12-29-13-18(11-23-29)25-21(31)24-17-7-3-15(4-8-17)20-26-27-28-30(20)19-9-10-19/h1-8,11,13,19H,9-10,12H2,(H2,24,25,31). The molecule has 2 heterocycles. The zero-order valence-corrected chi connectivity index (χ0v) is 17.2. The Morgan fingerprint density at radius 1 is 1.03 bits per heavy atom. The van der Waals surface area contributed by atoms with Gasteiger partial charge in [-0.15, -0.1) is 5.10 Å². The third kappa shape index (κ3) is 4.56. The number of carbonyl (C=O) groups excluding carboxylic acids is 1. The molecule has 1 aliphatic carbocycles. The summed E-state index contributed by atoms with van der Waals surface area (Å²) >= 11 is 5.91. The summed E-state index contributed by atoms with van der Waals surface area (Å²) in [6.07, 6.45) is 5.59. The van der Waals surface area contributed by atoms with Crippen molar-refractivity contribution < 1.29 is 4.79 Å². The van der Waals surface area contributed by atoms with Gasteiger partial charge in [-0.2, -0.15) is 5.10 Å². The van der Waals surface area contributed by atoms with E-state index in [0.717, 1.165) is 29.8 Å².